The quantitative estimate of drug-likeness (QED) is 0.144. The molecule has 0 spiro atoms. The molecule has 0 fully saturated rings. The van der Waals surface area contributed by atoms with Gasteiger partial charge in [0.25, 0.3) is 15.7 Å². The van der Waals surface area contributed by atoms with E-state index in [1.807, 2.05) is 0 Å². The third kappa shape index (κ3) is 6.13. The SMILES string of the molecule is CCCCCCCCOC(=O)c1c(C)oc2ccc(NS(=O)(=O)c3cccc([N+](=O)[O-])c3)cc12. The van der Waals surface area contributed by atoms with Crippen molar-refractivity contribution in [2.45, 2.75) is 57.3 Å². The number of unbranched alkanes of at least 4 members (excludes halogenated alkanes) is 5. The standard InChI is InChI=1S/C24H28N2O7S/c1-3-4-5-6-7-8-14-32-24(27)23-17(2)33-22-13-12-18(15-21(22)23)25-34(30,31)20-11-9-10-19(16-20)26(28)29/h9-13,15-16,25H,3-8,14H2,1-2H3. The van der Waals surface area contributed by atoms with Crippen molar-refractivity contribution in [3.8, 4) is 0 Å². The Morgan fingerprint density at radius 1 is 1.09 bits per heavy atom. The van der Waals surface area contributed by atoms with Gasteiger partial charge in [0.2, 0.25) is 0 Å². The van der Waals surface area contributed by atoms with Crippen molar-refractivity contribution in [1.82, 2.24) is 0 Å². The molecule has 0 unspecified atom stereocenters. The molecule has 0 amide bonds. The molecular weight excluding hydrogens is 460 g/mol. The van der Waals surface area contributed by atoms with Crippen molar-refractivity contribution in [2.24, 2.45) is 0 Å². The van der Waals surface area contributed by atoms with E-state index in [9.17, 15) is 23.3 Å². The van der Waals surface area contributed by atoms with Crippen molar-refractivity contribution in [3.63, 3.8) is 0 Å². The fourth-order valence-electron chi connectivity index (χ4n) is 3.63. The van der Waals surface area contributed by atoms with Crippen molar-refractivity contribution in [1.29, 1.82) is 0 Å². The Labute approximate surface area is 198 Å². The second kappa shape index (κ2) is 11.1. The normalized spacial score (nSPS) is 11.5. The Balaban J connectivity index is 1.75. The number of nitro groups is 1. The molecule has 1 heterocycles. The molecule has 0 aliphatic heterocycles. The predicted molar refractivity (Wildman–Crippen MR) is 129 cm³/mol. The number of esters is 1. The van der Waals surface area contributed by atoms with E-state index in [1.165, 1.54) is 49.6 Å². The summed E-state index contributed by atoms with van der Waals surface area (Å²) in [6.07, 6.45) is 6.41. The molecule has 2 aromatic carbocycles. The van der Waals surface area contributed by atoms with Gasteiger partial charge in [-0.3, -0.25) is 14.8 Å². The molecule has 10 heteroatoms. The van der Waals surface area contributed by atoms with Gasteiger partial charge in [-0.1, -0.05) is 45.1 Å². The highest BCUT2D eigenvalue weighted by atomic mass is 32.2. The molecule has 182 valence electrons. The van der Waals surface area contributed by atoms with Crippen molar-refractivity contribution < 1.29 is 27.3 Å². The van der Waals surface area contributed by atoms with Crippen LogP contribution in [0.15, 0.2) is 51.8 Å². The Hall–Kier alpha value is -3.40. The van der Waals surface area contributed by atoms with E-state index in [0.29, 0.717) is 23.3 Å². The molecule has 1 aromatic heterocycles. The van der Waals surface area contributed by atoms with Crippen LogP contribution in [0, 0.1) is 17.0 Å². The van der Waals surface area contributed by atoms with Crippen LogP contribution in [0.25, 0.3) is 11.0 Å². The zero-order valence-electron chi connectivity index (χ0n) is 19.2. The zero-order valence-corrected chi connectivity index (χ0v) is 20.0. The van der Waals surface area contributed by atoms with Gasteiger partial charge in [-0.25, -0.2) is 13.2 Å². The monoisotopic (exact) mass is 488 g/mol. The summed E-state index contributed by atoms with van der Waals surface area (Å²) < 4.78 is 39.0. The highest BCUT2D eigenvalue weighted by Gasteiger charge is 2.22. The summed E-state index contributed by atoms with van der Waals surface area (Å²) in [5, 5.41) is 11.4. The van der Waals surface area contributed by atoms with E-state index >= 15 is 0 Å². The first-order valence-electron chi connectivity index (χ1n) is 11.2. The number of hydrogen-bond donors (Lipinski definition) is 1. The number of nitrogens with one attached hydrogen (secondary N) is 1. The van der Waals surface area contributed by atoms with Crippen LogP contribution in [0.1, 0.15) is 61.6 Å². The number of non-ortho nitro benzene ring substituents is 1. The van der Waals surface area contributed by atoms with Gasteiger partial charge in [-0.15, -0.1) is 0 Å². The number of sulfonamides is 1. The van der Waals surface area contributed by atoms with Crippen LogP contribution in [0.4, 0.5) is 11.4 Å². The van der Waals surface area contributed by atoms with E-state index in [0.717, 1.165) is 25.3 Å². The highest BCUT2D eigenvalue weighted by Crippen LogP contribution is 2.30. The van der Waals surface area contributed by atoms with Gasteiger partial charge in [0.1, 0.15) is 16.9 Å². The van der Waals surface area contributed by atoms with Gasteiger partial charge in [0, 0.05) is 23.2 Å². The van der Waals surface area contributed by atoms with Crippen LogP contribution in [-0.4, -0.2) is 25.9 Å². The Kier molecular flexibility index (Phi) is 8.27. The lowest BCUT2D eigenvalue weighted by molar-refractivity contribution is -0.385. The molecule has 3 rings (SSSR count). The molecule has 0 radical (unpaired) electrons. The summed E-state index contributed by atoms with van der Waals surface area (Å²) in [5.74, 6) is -0.148. The number of ether oxygens (including phenoxy) is 1. The Bertz CT molecular complexity index is 1280. The molecule has 34 heavy (non-hydrogen) atoms. The van der Waals surface area contributed by atoms with Crippen LogP contribution in [0.2, 0.25) is 0 Å². The van der Waals surface area contributed by atoms with Crippen LogP contribution in [0.3, 0.4) is 0 Å². The summed E-state index contributed by atoms with van der Waals surface area (Å²) >= 11 is 0. The second-order valence-electron chi connectivity index (χ2n) is 8.01. The average molecular weight is 489 g/mol. The summed E-state index contributed by atoms with van der Waals surface area (Å²) in [5.41, 5.74) is 0.517. The van der Waals surface area contributed by atoms with Gasteiger partial charge in [0.15, 0.2) is 0 Å². The Morgan fingerprint density at radius 3 is 2.56 bits per heavy atom. The molecule has 1 N–H and O–H groups in total. The molecule has 0 saturated carbocycles. The maximum absolute atomic E-state index is 12.8. The number of anilines is 1. The number of fused-ring (bicyclic) bond motifs is 1. The first-order chi connectivity index (χ1) is 16.2. The lowest BCUT2D eigenvalue weighted by Gasteiger charge is -2.08. The maximum atomic E-state index is 12.8. The van der Waals surface area contributed by atoms with Crippen LogP contribution in [0.5, 0.6) is 0 Å². The molecule has 0 aliphatic carbocycles. The lowest BCUT2D eigenvalue weighted by Crippen LogP contribution is -2.13. The maximum Gasteiger partial charge on any atom is 0.342 e. The summed E-state index contributed by atoms with van der Waals surface area (Å²) in [6, 6.07) is 9.29. The molecule has 3 aromatic rings. The van der Waals surface area contributed by atoms with Crippen LogP contribution < -0.4 is 4.72 Å². The number of benzene rings is 2. The van der Waals surface area contributed by atoms with Crippen LogP contribution in [-0.2, 0) is 14.8 Å². The number of hydrogen-bond acceptors (Lipinski definition) is 7. The van der Waals surface area contributed by atoms with E-state index in [4.69, 9.17) is 9.15 Å². The van der Waals surface area contributed by atoms with Crippen molar-refractivity contribution >= 4 is 38.3 Å². The number of nitrogens with zero attached hydrogens (tertiary/aromatic N) is 1. The number of rotatable bonds is 12. The summed E-state index contributed by atoms with van der Waals surface area (Å²) in [6.45, 7) is 4.11. The third-order valence-corrected chi connectivity index (χ3v) is 6.77. The minimum absolute atomic E-state index is 0.185. The lowest BCUT2D eigenvalue weighted by atomic mass is 10.1. The van der Waals surface area contributed by atoms with Gasteiger partial charge >= 0.3 is 5.97 Å². The van der Waals surface area contributed by atoms with Gasteiger partial charge in [-0.05, 0) is 37.6 Å². The second-order valence-corrected chi connectivity index (χ2v) is 9.69. The third-order valence-electron chi connectivity index (χ3n) is 5.39. The van der Waals surface area contributed by atoms with E-state index in [2.05, 4.69) is 11.6 Å². The minimum Gasteiger partial charge on any atom is -0.462 e. The zero-order chi connectivity index (χ0) is 24.7. The largest absolute Gasteiger partial charge is 0.462 e. The van der Waals surface area contributed by atoms with Gasteiger partial charge in [0.05, 0.1) is 16.4 Å². The molecule has 9 nitrogen and oxygen atoms in total. The van der Waals surface area contributed by atoms with Gasteiger partial charge < -0.3 is 9.15 Å². The molecular formula is C24H28N2O7S. The van der Waals surface area contributed by atoms with E-state index < -0.39 is 20.9 Å². The number of carbonyl (C=O) groups excluding carboxylic acids is 1. The first-order valence-corrected chi connectivity index (χ1v) is 12.7. The summed E-state index contributed by atoms with van der Waals surface area (Å²) in [4.78, 5) is 22.8. The van der Waals surface area contributed by atoms with Gasteiger partial charge in [-0.2, -0.15) is 0 Å². The topological polar surface area (TPSA) is 129 Å². The number of aryl methyl sites for hydroxylation is 1. The fraction of sp³-hybridized carbons (Fsp3) is 0.375. The molecule has 0 bridgehead atoms. The van der Waals surface area contributed by atoms with Crippen molar-refractivity contribution in [2.75, 3.05) is 11.3 Å². The Morgan fingerprint density at radius 2 is 1.82 bits per heavy atom. The molecule has 0 saturated heterocycles. The fourth-order valence-corrected chi connectivity index (χ4v) is 4.72. The number of furan rings is 1. The summed E-state index contributed by atoms with van der Waals surface area (Å²) in [7, 11) is -4.09. The van der Waals surface area contributed by atoms with E-state index in [-0.39, 0.29) is 21.8 Å². The smallest absolute Gasteiger partial charge is 0.342 e. The van der Waals surface area contributed by atoms with Crippen LogP contribution >= 0.6 is 0 Å². The predicted octanol–water partition coefficient (Wildman–Crippen LogP) is 5.97. The number of carbonyl (C=O) groups is 1. The highest BCUT2D eigenvalue weighted by molar-refractivity contribution is 7.92. The first kappa shape index (κ1) is 25.2. The van der Waals surface area contributed by atoms with Crippen molar-refractivity contribution in [3.05, 3.63) is 63.9 Å². The molecule has 0 aliphatic rings. The average Bonchev–Trinajstić information content (AvgIpc) is 3.13. The molecule has 0 atom stereocenters. The number of nitro benzene ring substituents is 1. The minimum atomic E-state index is -4.09. The van der Waals surface area contributed by atoms with E-state index in [1.54, 1.807) is 13.0 Å².